The van der Waals surface area contributed by atoms with Crippen LogP contribution < -0.4 is 0 Å². The maximum Gasteiger partial charge on any atom is 0.225 e. The van der Waals surface area contributed by atoms with E-state index < -0.39 is 6.17 Å². The van der Waals surface area contributed by atoms with Crippen LogP contribution >= 0.6 is 0 Å². The standard InChI is InChI=1S/C11H12FNO/c12-10-6-11(14)13(8-10)7-9-4-2-1-3-5-9/h1-5,10H,6-8H2. The Hall–Kier alpha value is -1.38. The molecule has 1 saturated heterocycles. The lowest BCUT2D eigenvalue weighted by Crippen LogP contribution is -2.24. The van der Waals surface area contributed by atoms with Crippen molar-refractivity contribution in [1.82, 2.24) is 4.90 Å². The molecule has 1 aliphatic rings. The Morgan fingerprint density at radius 1 is 1.36 bits per heavy atom. The van der Waals surface area contributed by atoms with E-state index in [1.807, 2.05) is 30.3 Å². The average Bonchev–Trinajstić information content (AvgIpc) is 2.47. The monoisotopic (exact) mass is 193 g/mol. The molecule has 2 nitrogen and oxygen atoms in total. The molecule has 1 amide bonds. The highest BCUT2D eigenvalue weighted by atomic mass is 19.1. The van der Waals surface area contributed by atoms with Crippen LogP contribution in [-0.2, 0) is 11.3 Å². The maximum absolute atomic E-state index is 12.9. The zero-order valence-corrected chi connectivity index (χ0v) is 7.82. The van der Waals surface area contributed by atoms with Crippen molar-refractivity contribution >= 4 is 5.91 Å². The van der Waals surface area contributed by atoms with E-state index in [4.69, 9.17) is 0 Å². The normalized spacial score (nSPS) is 21.6. The van der Waals surface area contributed by atoms with Gasteiger partial charge in [-0.2, -0.15) is 0 Å². The van der Waals surface area contributed by atoms with Gasteiger partial charge in [-0.15, -0.1) is 0 Å². The van der Waals surface area contributed by atoms with Gasteiger partial charge in [0.05, 0.1) is 13.0 Å². The van der Waals surface area contributed by atoms with E-state index in [2.05, 4.69) is 0 Å². The van der Waals surface area contributed by atoms with Crippen LogP contribution in [0.4, 0.5) is 4.39 Å². The number of carbonyl (C=O) groups is 1. The molecule has 0 radical (unpaired) electrons. The molecular weight excluding hydrogens is 181 g/mol. The van der Waals surface area contributed by atoms with Gasteiger partial charge in [0.2, 0.25) is 5.91 Å². The molecule has 0 bridgehead atoms. The molecule has 1 fully saturated rings. The number of halogens is 1. The molecule has 1 heterocycles. The summed E-state index contributed by atoms with van der Waals surface area (Å²) in [5.74, 6) is -0.0821. The Kier molecular flexibility index (Phi) is 2.48. The third-order valence-electron chi connectivity index (χ3n) is 2.38. The zero-order chi connectivity index (χ0) is 9.97. The summed E-state index contributed by atoms with van der Waals surface area (Å²) in [5, 5.41) is 0. The van der Waals surface area contributed by atoms with Crippen molar-refractivity contribution in [2.24, 2.45) is 0 Å². The van der Waals surface area contributed by atoms with E-state index in [1.165, 1.54) is 0 Å². The highest BCUT2D eigenvalue weighted by Crippen LogP contribution is 2.16. The summed E-state index contributed by atoms with van der Waals surface area (Å²) >= 11 is 0. The van der Waals surface area contributed by atoms with Gasteiger partial charge in [0, 0.05) is 6.54 Å². The third kappa shape index (κ3) is 1.92. The largest absolute Gasteiger partial charge is 0.335 e. The number of hydrogen-bond acceptors (Lipinski definition) is 1. The molecule has 0 spiro atoms. The predicted molar refractivity (Wildman–Crippen MR) is 51.4 cm³/mol. The summed E-state index contributed by atoms with van der Waals surface area (Å²) in [7, 11) is 0. The molecule has 1 aromatic carbocycles. The lowest BCUT2D eigenvalue weighted by Gasteiger charge is -2.14. The molecule has 0 aromatic heterocycles. The fourth-order valence-corrected chi connectivity index (χ4v) is 1.68. The molecule has 1 aliphatic heterocycles. The van der Waals surface area contributed by atoms with Gasteiger partial charge in [0.1, 0.15) is 6.17 Å². The molecule has 1 aromatic rings. The van der Waals surface area contributed by atoms with Crippen molar-refractivity contribution in [3.63, 3.8) is 0 Å². The number of likely N-dealkylation sites (tertiary alicyclic amines) is 1. The van der Waals surface area contributed by atoms with Crippen LogP contribution in [0.25, 0.3) is 0 Å². The molecule has 14 heavy (non-hydrogen) atoms. The SMILES string of the molecule is O=C1CC(F)CN1Cc1ccccc1. The fourth-order valence-electron chi connectivity index (χ4n) is 1.68. The summed E-state index contributed by atoms with van der Waals surface area (Å²) in [5.41, 5.74) is 1.05. The van der Waals surface area contributed by atoms with Gasteiger partial charge < -0.3 is 4.90 Å². The Labute approximate surface area is 82.3 Å². The number of alkyl halides is 1. The Balaban J connectivity index is 2.02. The number of nitrogens with zero attached hydrogens (tertiary/aromatic N) is 1. The van der Waals surface area contributed by atoms with Crippen LogP contribution in [0, 0.1) is 0 Å². The van der Waals surface area contributed by atoms with Gasteiger partial charge >= 0.3 is 0 Å². The summed E-state index contributed by atoms with van der Waals surface area (Å²) in [6.07, 6.45) is -0.932. The van der Waals surface area contributed by atoms with Crippen LogP contribution in [0.15, 0.2) is 30.3 Å². The first kappa shape index (κ1) is 9.19. The Bertz CT molecular complexity index is 325. The van der Waals surface area contributed by atoms with Gasteiger partial charge in [-0.25, -0.2) is 4.39 Å². The van der Waals surface area contributed by atoms with Gasteiger partial charge in [0.15, 0.2) is 0 Å². The molecule has 0 saturated carbocycles. The molecule has 3 heteroatoms. The van der Waals surface area contributed by atoms with E-state index in [9.17, 15) is 9.18 Å². The van der Waals surface area contributed by atoms with Crippen molar-refractivity contribution in [3.05, 3.63) is 35.9 Å². The summed E-state index contributed by atoms with van der Waals surface area (Å²) in [6.45, 7) is 0.772. The molecule has 74 valence electrons. The maximum atomic E-state index is 12.9. The zero-order valence-electron chi connectivity index (χ0n) is 7.82. The van der Waals surface area contributed by atoms with E-state index >= 15 is 0 Å². The van der Waals surface area contributed by atoms with Crippen molar-refractivity contribution in [1.29, 1.82) is 0 Å². The molecule has 1 atom stereocenters. The van der Waals surface area contributed by atoms with Crippen molar-refractivity contribution in [3.8, 4) is 0 Å². The fraction of sp³-hybridized carbons (Fsp3) is 0.364. The van der Waals surface area contributed by atoms with Crippen LogP contribution in [-0.4, -0.2) is 23.5 Å². The van der Waals surface area contributed by atoms with Crippen LogP contribution in [0.1, 0.15) is 12.0 Å². The molecule has 2 rings (SSSR count). The van der Waals surface area contributed by atoms with Crippen molar-refractivity contribution in [2.75, 3.05) is 6.54 Å². The van der Waals surface area contributed by atoms with Gasteiger partial charge in [-0.05, 0) is 5.56 Å². The number of rotatable bonds is 2. The first-order chi connectivity index (χ1) is 6.75. The Morgan fingerprint density at radius 3 is 2.64 bits per heavy atom. The van der Waals surface area contributed by atoms with E-state index in [1.54, 1.807) is 4.90 Å². The van der Waals surface area contributed by atoms with Crippen LogP contribution in [0.5, 0.6) is 0 Å². The van der Waals surface area contributed by atoms with Gasteiger partial charge in [-0.1, -0.05) is 30.3 Å². The van der Waals surface area contributed by atoms with Crippen LogP contribution in [0.3, 0.4) is 0 Å². The van der Waals surface area contributed by atoms with Gasteiger partial charge in [-0.3, -0.25) is 4.79 Å². The average molecular weight is 193 g/mol. The highest BCUT2D eigenvalue weighted by molar-refractivity contribution is 5.79. The van der Waals surface area contributed by atoms with E-state index in [-0.39, 0.29) is 18.9 Å². The van der Waals surface area contributed by atoms with Crippen LogP contribution in [0.2, 0.25) is 0 Å². The number of hydrogen-bond donors (Lipinski definition) is 0. The smallest absolute Gasteiger partial charge is 0.225 e. The topological polar surface area (TPSA) is 20.3 Å². The number of carbonyl (C=O) groups excluding carboxylic acids is 1. The second-order valence-corrected chi connectivity index (χ2v) is 3.56. The first-order valence-electron chi connectivity index (χ1n) is 4.71. The summed E-state index contributed by atoms with van der Waals surface area (Å²) in [6, 6.07) is 9.65. The molecule has 0 aliphatic carbocycles. The van der Waals surface area contributed by atoms with E-state index in [0.29, 0.717) is 6.54 Å². The van der Waals surface area contributed by atoms with Gasteiger partial charge in [0.25, 0.3) is 0 Å². The van der Waals surface area contributed by atoms with E-state index in [0.717, 1.165) is 5.56 Å². The first-order valence-corrected chi connectivity index (χ1v) is 4.71. The molecule has 0 N–H and O–H groups in total. The number of benzene rings is 1. The Morgan fingerprint density at radius 2 is 2.07 bits per heavy atom. The second kappa shape index (κ2) is 3.78. The lowest BCUT2D eigenvalue weighted by molar-refractivity contribution is -0.128. The van der Waals surface area contributed by atoms with Crippen molar-refractivity contribution < 1.29 is 9.18 Å². The predicted octanol–water partition coefficient (Wildman–Crippen LogP) is 1.76. The second-order valence-electron chi connectivity index (χ2n) is 3.56. The highest BCUT2D eigenvalue weighted by Gasteiger charge is 2.28. The summed E-state index contributed by atoms with van der Waals surface area (Å²) < 4.78 is 12.9. The lowest BCUT2D eigenvalue weighted by atomic mass is 10.2. The minimum absolute atomic E-state index is 0.0484. The minimum atomic E-state index is -0.980. The van der Waals surface area contributed by atoms with Crippen molar-refractivity contribution in [2.45, 2.75) is 19.1 Å². The quantitative estimate of drug-likeness (QED) is 0.700. The minimum Gasteiger partial charge on any atom is -0.335 e. The molecular formula is C11H12FNO. The summed E-state index contributed by atoms with van der Waals surface area (Å²) in [4.78, 5) is 12.8. The molecule has 1 unspecified atom stereocenters. The number of amides is 1. The third-order valence-corrected chi connectivity index (χ3v) is 2.38.